The predicted octanol–water partition coefficient (Wildman–Crippen LogP) is 3.81. The molecule has 3 fully saturated rings. The number of ketones is 2. The third-order valence-electron chi connectivity index (χ3n) is 13.0. The standard InChI is InChI=1S/C26H33N3O5.C22H21N3O5S/c1-26(2,3)18-7-5-16(6-8-18)22(31)24(33)27-13-15-4-9-19-17(12-15)14-29(25(19)34)20-10-11-21(30)28-23(20)32;26-17(8-6-13-4-2-1-3-5-13)21(29)23-11-15-10-14-12-25(22(30)19(14)31-15)16-7-9-18(27)24-20(16)28/h4,9,12,16,18,20H,5-8,10-11,13-14H2,1-3H3,(H,27,33)(H,28,30,32);1-5,10,16H,6-9,11-12H2,(H,23,29)(H,24,27,28). The van der Waals surface area contributed by atoms with Crippen LogP contribution in [0.4, 0.5) is 0 Å². The Balaban J connectivity index is 0.000000195. The number of hydrogen-bond donors (Lipinski definition) is 4. The Hall–Kier alpha value is -6.36. The summed E-state index contributed by atoms with van der Waals surface area (Å²) in [5.74, 6) is -3.65. The summed E-state index contributed by atoms with van der Waals surface area (Å²) in [5.41, 5.74) is 4.09. The number of Topliss-reactive ketones (excluding diaryl/α,β-unsaturated/α-hetero) is 2. The van der Waals surface area contributed by atoms with Crippen molar-refractivity contribution in [3.63, 3.8) is 0 Å². The lowest BCUT2D eigenvalue weighted by molar-refractivity contribution is -0.141. The topological polar surface area (TPSA) is 225 Å². The van der Waals surface area contributed by atoms with Crippen LogP contribution in [0, 0.1) is 17.3 Å². The maximum absolute atomic E-state index is 12.8. The molecular formula is C48H54N6O10S. The quantitative estimate of drug-likeness (QED) is 0.152. The molecule has 2 unspecified atom stereocenters. The van der Waals surface area contributed by atoms with Gasteiger partial charge in [-0.25, -0.2) is 0 Å². The largest absolute Gasteiger partial charge is 0.345 e. The number of piperidine rings is 2. The van der Waals surface area contributed by atoms with Crippen LogP contribution in [0.25, 0.3) is 0 Å². The number of carbonyl (C=O) groups excluding carboxylic acids is 10. The highest BCUT2D eigenvalue weighted by atomic mass is 32.1. The third kappa shape index (κ3) is 11.0. The van der Waals surface area contributed by atoms with E-state index in [1.807, 2.05) is 42.5 Å². The van der Waals surface area contributed by atoms with Gasteiger partial charge in [-0.15, -0.1) is 11.3 Å². The molecule has 4 N–H and O–H groups in total. The van der Waals surface area contributed by atoms with Crippen LogP contribution in [0.1, 0.15) is 126 Å². The summed E-state index contributed by atoms with van der Waals surface area (Å²) >= 11 is 1.25. The van der Waals surface area contributed by atoms with Gasteiger partial charge in [-0.2, -0.15) is 0 Å². The lowest BCUT2D eigenvalue weighted by Gasteiger charge is -2.36. The number of nitrogens with one attached hydrogen (secondary N) is 4. The second kappa shape index (κ2) is 19.8. The number of benzene rings is 2. The number of amides is 8. The van der Waals surface area contributed by atoms with Crippen LogP contribution in [-0.2, 0) is 71.0 Å². The predicted molar refractivity (Wildman–Crippen MR) is 236 cm³/mol. The van der Waals surface area contributed by atoms with Gasteiger partial charge in [-0.05, 0) is 90.7 Å². The van der Waals surface area contributed by atoms with E-state index in [0.717, 1.165) is 52.8 Å². The van der Waals surface area contributed by atoms with Crippen LogP contribution >= 0.6 is 11.3 Å². The van der Waals surface area contributed by atoms with Gasteiger partial charge in [-0.1, -0.05) is 63.2 Å². The van der Waals surface area contributed by atoms with Crippen LogP contribution in [0.2, 0.25) is 0 Å². The minimum absolute atomic E-state index is 0.135. The highest BCUT2D eigenvalue weighted by Crippen LogP contribution is 2.40. The van der Waals surface area contributed by atoms with Gasteiger partial charge in [-0.3, -0.25) is 58.6 Å². The van der Waals surface area contributed by atoms with Crippen molar-refractivity contribution in [2.45, 2.75) is 123 Å². The fraction of sp³-hybridized carbons (Fsp3) is 0.458. The van der Waals surface area contributed by atoms with Gasteiger partial charge in [0.15, 0.2) is 0 Å². The van der Waals surface area contributed by atoms with E-state index >= 15 is 0 Å². The fourth-order valence-corrected chi connectivity index (χ4v) is 10.3. The smallest absolute Gasteiger partial charge is 0.287 e. The first-order valence-corrected chi connectivity index (χ1v) is 23.0. The summed E-state index contributed by atoms with van der Waals surface area (Å²) in [6.07, 6.45) is 5.14. The number of aryl methyl sites for hydroxylation is 1. The van der Waals surface area contributed by atoms with E-state index in [2.05, 4.69) is 42.0 Å². The SMILES string of the molecule is CC(C)(C)C1CCC(C(=O)C(=O)NCc2ccc3c(c2)CN(C2CCC(=O)NC2=O)C3=O)CC1.O=C1CCC(N2Cc3cc(CNC(=O)C(=O)CCc4ccccc4)sc3C2=O)C(=O)N1. The molecule has 1 saturated carbocycles. The second-order valence-electron chi connectivity index (χ2n) is 18.4. The maximum Gasteiger partial charge on any atom is 0.287 e. The van der Waals surface area contributed by atoms with Crippen molar-refractivity contribution in [2.75, 3.05) is 0 Å². The molecule has 0 bridgehead atoms. The molecule has 16 nitrogen and oxygen atoms in total. The number of imide groups is 2. The zero-order valence-corrected chi connectivity index (χ0v) is 37.6. The Kier molecular flexibility index (Phi) is 14.2. The molecule has 1 aromatic heterocycles. The molecule has 65 heavy (non-hydrogen) atoms. The monoisotopic (exact) mass is 906 g/mol. The van der Waals surface area contributed by atoms with Crippen molar-refractivity contribution in [1.82, 2.24) is 31.1 Å². The summed E-state index contributed by atoms with van der Waals surface area (Å²) in [7, 11) is 0. The first-order valence-electron chi connectivity index (χ1n) is 22.2. The lowest BCUT2D eigenvalue weighted by atomic mass is 9.69. The average molecular weight is 907 g/mol. The van der Waals surface area contributed by atoms with E-state index < -0.39 is 41.5 Å². The van der Waals surface area contributed by atoms with E-state index in [-0.39, 0.29) is 79.6 Å². The van der Waals surface area contributed by atoms with E-state index in [9.17, 15) is 47.9 Å². The minimum Gasteiger partial charge on any atom is -0.345 e. The average Bonchev–Trinajstić information content (AvgIpc) is 3.94. The summed E-state index contributed by atoms with van der Waals surface area (Å²) in [6.45, 7) is 7.60. The van der Waals surface area contributed by atoms with E-state index in [1.54, 1.807) is 12.1 Å². The molecular weight excluding hydrogens is 853 g/mol. The molecule has 5 aliphatic rings. The number of fused-ring (bicyclic) bond motifs is 2. The zero-order valence-electron chi connectivity index (χ0n) is 36.8. The van der Waals surface area contributed by atoms with Crippen LogP contribution in [-0.4, -0.2) is 80.7 Å². The van der Waals surface area contributed by atoms with Crippen LogP contribution in [0.3, 0.4) is 0 Å². The molecule has 17 heteroatoms. The minimum atomic E-state index is -0.660. The summed E-state index contributed by atoms with van der Waals surface area (Å²) in [5, 5.41) is 9.93. The van der Waals surface area contributed by atoms with Crippen molar-refractivity contribution in [3.8, 4) is 0 Å². The van der Waals surface area contributed by atoms with Crippen molar-refractivity contribution in [1.29, 1.82) is 0 Å². The van der Waals surface area contributed by atoms with Gasteiger partial charge in [0.05, 0.1) is 11.4 Å². The zero-order chi connectivity index (χ0) is 46.6. The Bertz CT molecular complexity index is 2430. The fourth-order valence-electron chi connectivity index (χ4n) is 9.18. The summed E-state index contributed by atoms with van der Waals surface area (Å²) in [6, 6.07) is 15.3. The molecule has 3 aromatic rings. The Morgan fingerprint density at radius 3 is 1.88 bits per heavy atom. The number of hydrogen-bond acceptors (Lipinski definition) is 11. The van der Waals surface area contributed by atoms with Crippen LogP contribution < -0.4 is 21.3 Å². The molecule has 2 aromatic carbocycles. The highest BCUT2D eigenvalue weighted by molar-refractivity contribution is 7.14. The first-order chi connectivity index (χ1) is 31.0. The molecule has 8 amide bonds. The van der Waals surface area contributed by atoms with Gasteiger partial charge in [0, 0.05) is 55.3 Å². The molecule has 0 radical (unpaired) electrons. The second-order valence-corrected chi connectivity index (χ2v) is 19.5. The van der Waals surface area contributed by atoms with Crippen molar-refractivity contribution in [3.05, 3.63) is 92.2 Å². The molecule has 2 atom stereocenters. The van der Waals surface area contributed by atoms with E-state index in [0.29, 0.717) is 42.2 Å². The number of nitrogens with zero attached hydrogens (tertiary/aromatic N) is 2. The van der Waals surface area contributed by atoms with Crippen molar-refractivity contribution < 1.29 is 47.9 Å². The van der Waals surface area contributed by atoms with Gasteiger partial charge in [0.1, 0.15) is 12.1 Å². The van der Waals surface area contributed by atoms with E-state index in [1.165, 1.54) is 21.1 Å². The summed E-state index contributed by atoms with van der Waals surface area (Å²) < 4.78 is 0. The van der Waals surface area contributed by atoms with Crippen molar-refractivity contribution >= 4 is 70.2 Å². The molecule has 342 valence electrons. The molecule has 2 saturated heterocycles. The maximum atomic E-state index is 12.8. The highest BCUT2D eigenvalue weighted by Gasteiger charge is 2.41. The Morgan fingerprint density at radius 1 is 0.677 bits per heavy atom. The third-order valence-corrected chi connectivity index (χ3v) is 14.2. The normalized spacial score (nSPS) is 21.7. The lowest BCUT2D eigenvalue weighted by Crippen LogP contribution is -2.52. The molecule has 5 heterocycles. The van der Waals surface area contributed by atoms with Gasteiger partial charge in [0.25, 0.3) is 23.6 Å². The Labute approximate surface area is 380 Å². The van der Waals surface area contributed by atoms with Crippen LogP contribution in [0.15, 0.2) is 54.6 Å². The number of rotatable bonds is 12. The molecule has 4 aliphatic heterocycles. The van der Waals surface area contributed by atoms with Gasteiger partial charge >= 0.3 is 0 Å². The van der Waals surface area contributed by atoms with E-state index in [4.69, 9.17) is 0 Å². The molecule has 8 rings (SSSR count). The van der Waals surface area contributed by atoms with Crippen LogP contribution in [0.5, 0.6) is 0 Å². The van der Waals surface area contributed by atoms with Gasteiger partial charge < -0.3 is 20.4 Å². The number of carbonyl (C=O) groups is 10. The van der Waals surface area contributed by atoms with Crippen molar-refractivity contribution in [2.24, 2.45) is 17.3 Å². The molecule has 1 aliphatic carbocycles. The number of thiophene rings is 1. The van der Waals surface area contributed by atoms with Gasteiger partial charge in [0.2, 0.25) is 35.2 Å². The first kappa shape index (κ1) is 46.6. The Morgan fingerprint density at radius 2 is 1.28 bits per heavy atom. The summed E-state index contributed by atoms with van der Waals surface area (Å²) in [4.78, 5) is 126. The molecule has 0 spiro atoms.